The molecule has 1 heterocycles. The average Bonchev–Trinajstić information content (AvgIpc) is 2.74. The molecular weight excluding hydrogens is 216 g/mol. The number of carbonyl (C=O) groups excluding carboxylic acids is 1. The van der Waals surface area contributed by atoms with Gasteiger partial charge in [-0.25, -0.2) is 0 Å². The predicted molar refractivity (Wildman–Crippen MR) is 68.3 cm³/mol. The van der Waals surface area contributed by atoms with Gasteiger partial charge in [0.15, 0.2) is 5.78 Å². The van der Waals surface area contributed by atoms with Crippen LogP contribution in [0.5, 0.6) is 0 Å². The average molecular weight is 230 g/mol. The number of hydrogen-bond donors (Lipinski definition) is 0. The zero-order valence-electron chi connectivity index (χ0n) is 9.49. The molecule has 0 saturated carbocycles. The number of rotatable bonds is 3. The first-order valence-corrected chi connectivity index (χ1v) is 6.17. The molecule has 1 aromatic carbocycles. The van der Waals surface area contributed by atoms with E-state index in [1.165, 1.54) is 0 Å². The second-order valence-electron chi connectivity index (χ2n) is 4.00. The van der Waals surface area contributed by atoms with Crippen molar-refractivity contribution in [3.63, 3.8) is 0 Å². The Balaban J connectivity index is 2.24. The minimum Gasteiger partial charge on any atom is -0.294 e. The Morgan fingerprint density at radius 1 is 1.25 bits per heavy atom. The summed E-state index contributed by atoms with van der Waals surface area (Å²) in [7, 11) is 0. The highest BCUT2D eigenvalue weighted by Gasteiger charge is 2.10. The van der Waals surface area contributed by atoms with Crippen LogP contribution in [0.25, 0.3) is 0 Å². The van der Waals surface area contributed by atoms with E-state index in [0.29, 0.717) is 6.42 Å². The summed E-state index contributed by atoms with van der Waals surface area (Å²) in [6.45, 7) is 4.00. The number of hydrogen-bond acceptors (Lipinski definition) is 2. The minimum atomic E-state index is 0.212. The highest BCUT2D eigenvalue weighted by atomic mass is 32.1. The summed E-state index contributed by atoms with van der Waals surface area (Å²) in [5, 5.41) is 2.01. The molecule has 0 amide bonds. The summed E-state index contributed by atoms with van der Waals surface area (Å²) in [4.78, 5) is 13.2. The van der Waals surface area contributed by atoms with Gasteiger partial charge in [-0.1, -0.05) is 23.8 Å². The van der Waals surface area contributed by atoms with Crippen LogP contribution in [0.4, 0.5) is 0 Å². The Morgan fingerprint density at radius 3 is 2.75 bits per heavy atom. The normalized spacial score (nSPS) is 10.4. The Hall–Kier alpha value is -1.41. The third-order valence-electron chi connectivity index (χ3n) is 2.61. The lowest BCUT2D eigenvalue weighted by Crippen LogP contribution is -2.04. The summed E-state index contributed by atoms with van der Waals surface area (Å²) < 4.78 is 0. The molecule has 2 aromatic rings. The lowest BCUT2D eigenvalue weighted by molar-refractivity contribution is 0.0993. The summed E-state index contributed by atoms with van der Waals surface area (Å²) in [5.74, 6) is 0.212. The van der Waals surface area contributed by atoms with E-state index in [4.69, 9.17) is 0 Å². The highest BCUT2D eigenvalue weighted by molar-refractivity contribution is 7.10. The van der Waals surface area contributed by atoms with Crippen LogP contribution in [0.15, 0.2) is 35.7 Å². The smallest absolute Gasteiger partial charge is 0.168 e. The van der Waals surface area contributed by atoms with Crippen LogP contribution in [0, 0.1) is 13.8 Å². The van der Waals surface area contributed by atoms with Gasteiger partial charge in [-0.2, -0.15) is 0 Å². The van der Waals surface area contributed by atoms with E-state index < -0.39 is 0 Å². The van der Waals surface area contributed by atoms with Crippen molar-refractivity contribution in [2.75, 3.05) is 0 Å². The van der Waals surface area contributed by atoms with Gasteiger partial charge in [-0.3, -0.25) is 4.79 Å². The van der Waals surface area contributed by atoms with Crippen LogP contribution >= 0.6 is 11.3 Å². The third-order valence-corrected chi connectivity index (χ3v) is 3.48. The van der Waals surface area contributed by atoms with Gasteiger partial charge in [0.25, 0.3) is 0 Å². The molecule has 0 spiro atoms. The maximum absolute atomic E-state index is 12.1. The molecule has 0 aliphatic heterocycles. The highest BCUT2D eigenvalue weighted by Crippen LogP contribution is 2.16. The lowest BCUT2D eigenvalue weighted by atomic mass is 10.00. The minimum absolute atomic E-state index is 0.212. The molecule has 16 heavy (non-hydrogen) atoms. The van der Waals surface area contributed by atoms with Crippen LogP contribution < -0.4 is 0 Å². The van der Waals surface area contributed by atoms with Crippen LogP contribution in [0.1, 0.15) is 26.4 Å². The van der Waals surface area contributed by atoms with Crippen LogP contribution in [0.2, 0.25) is 0 Å². The maximum Gasteiger partial charge on any atom is 0.168 e. The second kappa shape index (κ2) is 4.62. The largest absolute Gasteiger partial charge is 0.294 e. The molecule has 0 aliphatic carbocycles. The monoisotopic (exact) mass is 230 g/mol. The molecule has 0 unspecified atom stereocenters. The van der Waals surface area contributed by atoms with Crippen LogP contribution in [-0.4, -0.2) is 5.78 Å². The van der Waals surface area contributed by atoms with E-state index >= 15 is 0 Å². The first kappa shape index (κ1) is 11.1. The van der Waals surface area contributed by atoms with Gasteiger partial charge in [0.1, 0.15) is 0 Å². The predicted octanol–water partition coefficient (Wildman–Crippen LogP) is 3.79. The summed E-state index contributed by atoms with van der Waals surface area (Å²) >= 11 is 1.64. The van der Waals surface area contributed by atoms with E-state index in [2.05, 4.69) is 0 Å². The number of thiophene rings is 1. The van der Waals surface area contributed by atoms with Crippen LogP contribution in [-0.2, 0) is 6.42 Å². The van der Waals surface area contributed by atoms with Gasteiger partial charge in [-0.15, -0.1) is 11.3 Å². The van der Waals surface area contributed by atoms with Gasteiger partial charge in [0, 0.05) is 16.9 Å². The lowest BCUT2D eigenvalue weighted by Gasteiger charge is -2.05. The van der Waals surface area contributed by atoms with E-state index in [0.717, 1.165) is 21.6 Å². The molecule has 0 aliphatic rings. The van der Waals surface area contributed by atoms with Crippen molar-refractivity contribution in [2.45, 2.75) is 20.3 Å². The standard InChI is InChI=1S/C14H14OS/c1-10-5-6-11(2)13(8-10)14(15)9-12-4-3-7-16-12/h3-8H,9H2,1-2H3. The summed E-state index contributed by atoms with van der Waals surface area (Å²) in [5.41, 5.74) is 3.06. The molecule has 2 heteroatoms. The van der Waals surface area contributed by atoms with Crippen molar-refractivity contribution in [1.82, 2.24) is 0 Å². The van der Waals surface area contributed by atoms with Crippen molar-refractivity contribution in [3.05, 3.63) is 57.3 Å². The molecule has 1 aromatic heterocycles. The van der Waals surface area contributed by atoms with E-state index in [1.54, 1.807) is 11.3 Å². The first-order chi connectivity index (χ1) is 7.66. The quantitative estimate of drug-likeness (QED) is 0.733. The van der Waals surface area contributed by atoms with Gasteiger partial charge in [0.05, 0.1) is 0 Å². The number of aryl methyl sites for hydroxylation is 2. The molecule has 0 atom stereocenters. The Kier molecular flexibility index (Phi) is 3.20. The van der Waals surface area contributed by atoms with Crippen molar-refractivity contribution in [2.24, 2.45) is 0 Å². The van der Waals surface area contributed by atoms with Crippen LogP contribution in [0.3, 0.4) is 0 Å². The zero-order valence-corrected chi connectivity index (χ0v) is 10.3. The van der Waals surface area contributed by atoms with Gasteiger partial charge in [0.2, 0.25) is 0 Å². The molecule has 0 bridgehead atoms. The van der Waals surface area contributed by atoms with Crippen molar-refractivity contribution >= 4 is 17.1 Å². The number of ketones is 1. The fourth-order valence-corrected chi connectivity index (χ4v) is 2.41. The number of benzene rings is 1. The number of Topliss-reactive ketones (excluding diaryl/α,β-unsaturated/α-hetero) is 1. The first-order valence-electron chi connectivity index (χ1n) is 5.29. The van der Waals surface area contributed by atoms with Crippen molar-refractivity contribution < 1.29 is 4.79 Å². The van der Waals surface area contributed by atoms with Gasteiger partial charge < -0.3 is 0 Å². The third kappa shape index (κ3) is 2.39. The SMILES string of the molecule is Cc1ccc(C)c(C(=O)Cc2cccs2)c1. The molecular formula is C14H14OS. The van der Waals surface area contributed by atoms with E-state index in [9.17, 15) is 4.79 Å². The zero-order chi connectivity index (χ0) is 11.5. The maximum atomic E-state index is 12.1. The topological polar surface area (TPSA) is 17.1 Å². The fraction of sp³-hybridized carbons (Fsp3) is 0.214. The molecule has 0 fully saturated rings. The van der Waals surface area contributed by atoms with Crippen molar-refractivity contribution in [3.8, 4) is 0 Å². The Labute approximate surface area is 99.8 Å². The Bertz CT molecular complexity index is 497. The molecule has 0 saturated heterocycles. The summed E-state index contributed by atoms with van der Waals surface area (Å²) in [6, 6.07) is 10.0. The molecule has 0 radical (unpaired) electrons. The van der Waals surface area contributed by atoms with E-state index in [1.807, 2.05) is 49.6 Å². The van der Waals surface area contributed by atoms with E-state index in [-0.39, 0.29) is 5.78 Å². The Morgan fingerprint density at radius 2 is 2.06 bits per heavy atom. The second-order valence-corrected chi connectivity index (χ2v) is 5.03. The number of carbonyl (C=O) groups is 1. The van der Waals surface area contributed by atoms with Gasteiger partial charge >= 0.3 is 0 Å². The molecule has 82 valence electrons. The molecule has 1 nitrogen and oxygen atoms in total. The summed E-state index contributed by atoms with van der Waals surface area (Å²) in [6.07, 6.45) is 0.516. The van der Waals surface area contributed by atoms with Gasteiger partial charge in [-0.05, 0) is 36.9 Å². The van der Waals surface area contributed by atoms with Crippen molar-refractivity contribution in [1.29, 1.82) is 0 Å². The molecule has 0 N–H and O–H groups in total. The molecule has 2 rings (SSSR count). The fourth-order valence-electron chi connectivity index (χ4n) is 1.70.